The fourth-order valence-electron chi connectivity index (χ4n) is 0.436. The molecule has 2 heteroatoms. The quantitative estimate of drug-likeness (QED) is 0.433. The summed E-state index contributed by atoms with van der Waals surface area (Å²) in [5.74, 6) is 0. The zero-order valence-electron chi connectivity index (χ0n) is 6.02. The maximum Gasteiger partial charge on any atom is 0.116 e. The highest BCUT2D eigenvalue weighted by atomic mass is 16.5. The average molecular weight is 129 g/mol. The number of nitrogens with one attached hydrogen (secondary N) is 1. The van der Waals surface area contributed by atoms with Gasteiger partial charge in [0, 0.05) is 6.61 Å². The van der Waals surface area contributed by atoms with E-state index in [2.05, 4.69) is 18.8 Å². The first-order valence-electron chi connectivity index (χ1n) is 3.33. The molecule has 0 aromatic carbocycles. The van der Waals surface area contributed by atoms with E-state index in [1.165, 1.54) is 6.42 Å². The van der Waals surface area contributed by atoms with Crippen molar-refractivity contribution >= 4 is 0 Å². The molecule has 0 radical (unpaired) electrons. The van der Waals surface area contributed by atoms with Crippen LogP contribution in [0, 0.1) is 0 Å². The Bertz CT molecular complexity index is 63.9. The molecule has 0 aliphatic rings. The molecule has 0 saturated heterocycles. The van der Waals surface area contributed by atoms with E-state index in [1.807, 2.05) is 0 Å². The highest BCUT2D eigenvalue weighted by Crippen LogP contribution is 1.85. The second kappa shape index (κ2) is 7.50. The molecule has 2 nitrogen and oxygen atoms in total. The van der Waals surface area contributed by atoms with Gasteiger partial charge in [-0.05, 0) is 12.6 Å². The van der Waals surface area contributed by atoms with Gasteiger partial charge in [-0.2, -0.15) is 0 Å². The van der Waals surface area contributed by atoms with Crippen LogP contribution in [0.5, 0.6) is 0 Å². The van der Waals surface area contributed by atoms with Crippen LogP contribution in [0.25, 0.3) is 0 Å². The standard InChI is InChI=1S/C7H15NO/c1-3-5-6-9-7-8-4-2/h4,8H,2-3,5-7H2,1H3. The van der Waals surface area contributed by atoms with Crippen LogP contribution in [0.1, 0.15) is 19.8 Å². The topological polar surface area (TPSA) is 21.3 Å². The van der Waals surface area contributed by atoms with Gasteiger partial charge in [0.1, 0.15) is 6.73 Å². The minimum atomic E-state index is 0.587. The fourth-order valence-corrected chi connectivity index (χ4v) is 0.436. The van der Waals surface area contributed by atoms with E-state index in [1.54, 1.807) is 6.20 Å². The minimum Gasteiger partial charge on any atom is -0.369 e. The molecule has 0 unspecified atom stereocenters. The third kappa shape index (κ3) is 7.50. The molecule has 54 valence electrons. The van der Waals surface area contributed by atoms with E-state index >= 15 is 0 Å². The van der Waals surface area contributed by atoms with E-state index in [-0.39, 0.29) is 0 Å². The first kappa shape index (κ1) is 8.50. The highest BCUT2D eigenvalue weighted by Gasteiger charge is 1.81. The van der Waals surface area contributed by atoms with Crippen molar-refractivity contribution in [1.82, 2.24) is 5.32 Å². The van der Waals surface area contributed by atoms with Crippen molar-refractivity contribution in [2.45, 2.75) is 19.8 Å². The summed E-state index contributed by atoms with van der Waals surface area (Å²) in [6, 6.07) is 0. The van der Waals surface area contributed by atoms with Crippen LogP contribution in [0.15, 0.2) is 12.8 Å². The van der Waals surface area contributed by atoms with Crippen molar-refractivity contribution in [2.75, 3.05) is 13.3 Å². The normalized spacial score (nSPS) is 9.00. The number of ether oxygens (including phenoxy) is 1. The lowest BCUT2D eigenvalue weighted by Gasteiger charge is -2.00. The Morgan fingerprint density at radius 3 is 3.00 bits per heavy atom. The highest BCUT2D eigenvalue weighted by molar-refractivity contribution is 4.57. The lowest BCUT2D eigenvalue weighted by molar-refractivity contribution is 0.123. The molecule has 0 saturated carbocycles. The Morgan fingerprint density at radius 2 is 2.44 bits per heavy atom. The zero-order valence-corrected chi connectivity index (χ0v) is 6.02. The summed E-state index contributed by atoms with van der Waals surface area (Å²) in [7, 11) is 0. The third-order valence-electron chi connectivity index (χ3n) is 0.972. The van der Waals surface area contributed by atoms with Gasteiger partial charge in [-0.15, -0.1) is 0 Å². The molecule has 0 aromatic heterocycles. The summed E-state index contributed by atoms with van der Waals surface area (Å²) in [6.07, 6.45) is 3.96. The van der Waals surface area contributed by atoms with Crippen molar-refractivity contribution in [3.05, 3.63) is 12.8 Å². The Hall–Kier alpha value is -0.500. The molecular weight excluding hydrogens is 114 g/mol. The Labute approximate surface area is 56.9 Å². The summed E-state index contributed by atoms with van der Waals surface area (Å²) in [4.78, 5) is 0. The number of hydrogen-bond acceptors (Lipinski definition) is 2. The second-order valence-corrected chi connectivity index (χ2v) is 1.81. The van der Waals surface area contributed by atoms with Crippen molar-refractivity contribution in [1.29, 1.82) is 0 Å². The van der Waals surface area contributed by atoms with Gasteiger partial charge >= 0.3 is 0 Å². The molecule has 9 heavy (non-hydrogen) atoms. The van der Waals surface area contributed by atoms with E-state index < -0.39 is 0 Å². The van der Waals surface area contributed by atoms with Gasteiger partial charge in [-0.25, -0.2) is 0 Å². The monoisotopic (exact) mass is 129 g/mol. The minimum absolute atomic E-state index is 0.587. The van der Waals surface area contributed by atoms with E-state index in [0.29, 0.717) is 6.73 Å². The van der Waals surface area contributed by atoms with Gasteiger partial charge < -0.3 is 10.1 Å². The van der Waals surface area contributed by atoms with Gasteiger partial charge in [0.25, 0.3) is 0 Å². The van der Waals surface area contributed by atoms with Gasteiger partial charge in [-0.3, -0.25) is 0 Å². The second-order valence-electron chi connectivity index (χ2n) is 1.81. The van der Waals surface area contributed by atoms with E-state index in [0.717, 1.165) is 13.0 Å². The maximum atomic E-state index is 5.13. The molecule has 0 atom stereocenters. The summed E-state index contributed by atoms with van der Waals surface area (Å²) < 4.78 is 5.13. The van der Waals surface area contributed by atoms with Crippen LogP contribution in [0.2, 0.25) is 0 Å². The van der Waals surface area contributed by atoms with Crippen molar-refractivity contribution in [3.63, 3.8) is 0 Å². The van der Waals surface area contributed by atoms with Crippen molar-refractivity contribution < 1.29 is 4.74 Å². The van der Waals surface area contributed by atoms with Crippen molar-refractivity contribution in [2.24, 2.45) is 0 Å². The van der Waals surface area contributed by atoms with E-state index in [9.17, 15) is 0 Å². The van der Waals surface area contributed by atoms with Crippen LogP contribution >= 0.6 is 0 Å². The lowest BCUT2D eigenvalue weighted by Crippen LogP contribution is -2.10. The van der Waals surface area contributed by atoms with Crippen molar-refractivity contribution in [3.8, 4) is 0 Å². The van der Waals surface area contributed by atoms with Crippen LogP contribution in [0.3, 0.4) is 0 Å². The third-order valence-corrected chi connectivity index (χ3v) is 0.972. The molecular formula is C7H15NO. The Kier molecular flexibility index (Phi) is 7.08. The van der Waals surface area contributed by atoms with Crippen LogP contribution < -0.4 is 5.32 Å². The predicted octanol–water partition coefficient (Wildman–Crippen LogP) is 1.49. The molecule has 1 N–H and O–H groups in total. The molecule has 0 rings (SSSR count). The smallest absolute Gasteiger partial charge is 0.116 e. The largest absolute Gasteiger partial charge is 0.369 e. The summed E-state index contributed by atoms with van der Waals surface area (Å²) >= 11 is 0. The molecule has 0 amide bonds. The lowest BCUT2D eigenvalue weighted by atomic mass is 10.4. The fraction of sp³-hybridized carbons (Fsp3) is 0.714. The number of rotatable bonds is 6. The molecule has 0 spiro atoms. The summed E-state index contributed by atoms with van der Waals surface area (Å²) in [5, 5.41) is 2.85. The maximum absolute atomic E-state index is 5.13. The van der Waals surface area contributed by atoms with Gasteiger partial charge in [0.05, 0.1) is 0 Å². The molecule has 0 heterocycles. The average Bonchev–Trinajstić information content (AvgIpc) is 1.89. The SMILES string of the molecule is C=CNCOCCCC. The van der Waals surface area contributed by atoms with Gasteiger partial charge in [-0.1, -0.05) is 19.9 Å². The molecule has 0 aliphatic heterocycles. The Balaban J connectivity index is 2.66. The van der Waals surface area contributed by atoms with E-state index in [4.69, 9.17) is 4.74 Å². The predicted molar refractivity (Wildman–Crippen MR) is 39.1 cm³/mol. The van der Waals surface area contributed by atoms with Crippen LogP contribution in [-0.2, 0) is 4.74 Å². The van der Waals surface area contributed by atoms with Gasteiger partial charge in [0.2, 0.25) is 0 Å². The summed E-state index contributed by atoms with van der Waals surface area (Å²) in [6.45, 7) is 7.06. The number of hydrogen-bond donors (Lipinski definition) is 1. The van der Waals surface area contributed by atoms with Crippen LogP contribution in [-0.4, -0.2) is 13.3 Å². The first-order valence-corrected chi connectivity index (χ1v) is 3.33. The summed E-state index contributed by atoms with van der Waals surface area (Å²) in [5.41, 5.74) is 0. The Morgan fingerprint density at radius 1 is 1.67 bits per heavy atom. The first-order chi connectivity index (χ1) is 4.41. The molecule has 0 aromatic rings. The number of unbranched alkanes of at least 4 members (excludes halogenated alkanes) is 1. The molecule has 0 aliphatic carbocycles. The zero-order chi connectivity index (χ0) is 6.95. The molecule has 0 fully saturated rings. The molecule has 0 bridgehead atoms. The van der Waals surface area contributed by atoms with Crippen LogP contribution in [0.4, 0.5) is 0 Å². The van der Waals surface area contributed by atoms with Gasteiger partial charge in [0.15, 0.2) is 0 Å².